The number of ether oxygens (including phenoxy) is 1. The second-order valence-electron chi connectivity index (χ2n) is 5.67. The number of nitrogens with zero attached hydrogens (tertiary/aromatic N) is 1. The van der Waals surface area contributed by atoms with Crippen molar-refractivity contribution in [3.05, 3.63) is 29.8 Å². The number of rotatable bonds is 7. The Morgan fingerprint density at radius 1 is 1.28 bits per heavy atom. The zero-order chi connectivity index (χ0) is 18.6. The minimum atomic E-state index is -1.29. The molecule has 1 saturated heterocycles. The van der Waals surface area contributed by atoms with Crippen LogP contribution in [0.5, 0.6) is 5.75 Å². The highest BCUT2D eigenvalue weighted by molar-refractivity contribution is 6.09. The fourth-order valence-electron chi connectivity index (χ4n) is 2.47. The second-order valence-corrected chi connectivity index (χ2v) is 5.67. The highest BCUT2D eigenvalue weighted by Gasteiger charge is 2.49. The van der Waals surface area contributed by atoms with E-state index in [1.54, 1.807) is 31.2 Å². The molecule has 134 valence electrons. The number of imide groups is 1. The summed E-state index contributed by atoms with van der Waals surface area (Å²) < 4.78 is 5.06. The molecule has 1 heterocycles. The van der Waals surface area contributed by atoms with Gasteiger partial charge in [-0.1, -0.05) is 12.1 Å². The summed E-state index contributed by atoms with van der Waals surface area (Å²) in [5.74, 6) is -1.61. The first-order chi connectivity index (χ1) is 11.8. The number of hydrogen-bond acceptors (Lipinski definition) is 5. The number of amides is 4. The summed E-state index contributed by atoms with van der Waals surface area (Å²) in [5, 5.41) is 13.5. The van der Waals surface area contributed by atoms with E-state index in [1.165, 1.54) is 7.11 Å². The van der Waals surface area contributed by atoms with E-state index < -0.39 is 35.9 Å². The second kappa shape index (κ2) is 7.20. The minimum absolute atomic E-state index is 0.0758. The number of hydrogen-bond donors (Lipinski definition) is 3. The van der Waals surface area contributed by atoms with Gasteiger partial charge in [-0.3, -0.25) is 19.3 Å². The zero-order valence-corrected chi connectivity index (χ0v) is 13.9. The van der Waals surface area contributed by atoms with Gasteiger partial charge < -0.3 is 20.5 Å². The molecule has 1 fully saturated rings. The van der Waals surface area contributed by atoms with Gasteiger partial charge in [0.15, 0.2) is 0 Å². The first kappa shape index (κ1) is 18.2. The van der Waals surface area contributed by atoms with Gasteiger partial charge in [-0.15, -0.1) is 0 Å². The van der Waals surface area contributed by atoms with Crippen molar-refractivity contribution >= 4 is 23.8 Å². The van der Waals surface area contributed by atoms with Crippen LogP contribution >= 0.6 is 0 Å². The normalized spacial score (nSPS) is 19.5. The Balaban J connectivity index is 2.07. The third-order valence-corrected chi connectivity index (χ3v) is 3.91. The monoisotopic (exact) mass is 349 g/mol. The predicted molar refractivity (Wildman–Crippen MR) is 85.9 cm³/mol. The Hall–Kier alpha value is -3.10. The van der Waals surface area contributed by atoms with Gasteiger partial charge in [0.2, 0.25) is 5.91 Å². The summed E-state index contributed by atoms with van der Waals surface area (Å²) in [7, 11) is 1.52. The van der Waals surface area contributed by atoms with Crippen molar-refractivity contribution in [2.24, 2.45) is 0 Å². The maximum atomic E-state index is 12.6. The number of aliphatic carboxylic acids is 1. The molecule has 4 amide bonds. The lowest BCUT2D eigenvalue weighted by molar-refractivity contribution is -0.137. The maximum Gasteiger partial charge on any atom is 0.325 e. The molecular weight excluding hydrogens is 330 g/mol. The number of carbonyl (C=O) groups excluding carboxylic acids is 3. The van der Waals surface area contributed by atoms with E-state index in [4.69, 9.17) is 9.84 Å². The zero-order valence-electron chi connectivity index (χ0n) is 13.9. The van der Waals surface area contributed by atoms with E-state index in [0.29, 0.717) is 11.3 Å². The van der Waals surface area contributed by atoms with E-state index in [9.17, 15) is 19.2 Å². The number of benzene rings is 1. The fraction of sp³-hybridized carbons (Fsp3) is 0.375. The van der Waals surface area contributed by atoms with Crippen molar-refractivity contribution in [3.63, 3.8) is 0 Å². The Bertz CT molecular complexity index is 702. The molecule has 25 heavy (non-hydrogen) atoms. The van der Waals surface area contributed by atoms with Crippen molar-refractivity contribution in [1.82, 2.24) is 15.5 Å². The summed E-state index contributed by atoms with van der Waals surface area (Å²) in [6.45, 7) is 1.00. The van der Waals surface area contributed by atoms with Crippen LogP contribution in [0.15, 0.2) is 24.3 Å². The summed E-state index contributed by atoms with van der Waals surface area (Å²) in [4.78, 5) is 47.8. The SMILES string of the molecule is COc1ccc(C2(C)NC(=O)N(CC(=O)NCCC(=O)O)C2=O)cc1. The number of carbonyl (C=O) groups is 4. The van der Waals surface area contributed by atoms with E-state index in [1.807, 2.05) is 0 Å². The van der Waals surface area contributed by atoms with Crippen molar-refractivity contribution < 1.29 is 29.0 Å². The van der Waals surface area contributed by atoms with Crippen LogP contribution in [0.3, 0.4) is 0 Å². The maximum absolute atomic E-state index is 12.6. The molecule has 0 spiro atoms. The molecule has 1 aromatic carbocycles. The largest absolute Gasteiger partial charge is 0.497 e. The van der Waals surface area contributed by atoms with Gasteiger partial charge in [-0.25, -0.2) is 4.79 Å². The third kappa shape index (κ3) is 3.87. The molecule has 2 rings (SSSR count). The quantitative estimate of drug-likeness (QED) is 0.598. The fourth-order valence-corrected chi connectivity index (χ4v) is 2.47. The van der Waals surface area contributed by atoms with E-state index >= 15 is 0 Å². The Morgan fingerprint density at radius 2 is 1.92 bits per heavy atom. The van der Waals surface area contributed by atoms with E-state index in [2.05, 4.69) is 10.6 Å². The van der Waals surface area contributed by atoms with Crippen LogP contribution in [0.25, 0.3) is 0 Å². The molecule has 3 N–H and O–H groups in total. The van der Waals surface area contributed by atoms with Gasteiger partial charge in [0, 0.05) is 6.54 Å². The van der Waals surface area contributed by atoms with E-state index in [0.717, 1.165) is 4.90 Å². The number of carboxylic acids is 1. The molecule has 1 aliphatic heterocycles. The van der Waals surface area contributed by atoms with Crippen LogP contribution in [-0.4, -0.2) is 54.0 Å². The van der Waals surface area contributed by atoms with Crippen LogP contribution in [0, 0.1) is 0 Å². The number of methoxy groups -OCH3 is 1. The van der Waals surface area contributed by atoms with Crippen LogP contribution in [0.1, 0.15) is 18.9 Å². The minimum Gasteiger partial charge on any atom is -0.497 e. The van der Waals surface area contributed by atoms with E-state index in [-0.39, 0.29) is 13.0 Å². The summed E-state index contributed by atoms with van der Waals surface area (Å²) >= 11 is 0. The van der Waals surface area contributed by atoms with Gasteiger partial charge in [-0.05, 0) is 24.6 Å². The van der Waals surface area contributed by atoms with Gasteiger partial charge in [-0.2, -0.15) is 0 Å². The Kier molecular flexibility index (Phi) is 5.26. The average molecular weight is 349 g/mol. The van der Waals surface area contributed by atoms with Crippen LogP contribution in [0.2, 0.25) is 0 Å². The molecule has 1 aliphatic rings. The Labute approximate surface area is 143 Å². The lowest BCUT2D eigenvalue weighted by Crippen LogP contribution is -2.43. The van der Waals surface area contributed by atoms with Crippen LogP contribution < -0.4 is 15.4 Å². The van der Waals surface area contributed by atoms with Gasteiger partial charge in [0.1, 0.15) is 17.8 Å². The molecule has 1 aromatic rings. The van der Waals surface area contributed by atoms with Crippen molar-refractivity contribution in [3.8, 4) is 5.75 Å². The predicted octanol–water partition coefficient (Wildman–Crippen LogP) is 0.0531. The van der Waals surface area contributed by atoms with Crippen LogP contribution in [-0.2, 0) is 19.9 Å². The number of urea groups is 1. The molecule has 0 saturated carbocycles. The molecule has 9 nitrogen and oxygen atoms in total. The molecule has 0 bridgehead atoms. The van der Waals surface area contributed by atoms with Gasteiger partial charge in [0.25, 0.3) is 5.91 Å². The van der Waals surface area contributed by atoms with Crippen molar-refractivity contribution in [2.45, 2.75) is 18.9 Å². The Morgan fingerprint density at radius 3 is 2.48 bits per heavy atom. The molecule has 0 aromatic heterocycles. The lowest BCUT2D eigenvalue weighted by atomic mass is 9.92. The summed E-state index contributed by atoms with van der Waals surface area (Å²) in [6, 6.07) is 5.97. The first-order valence-corrected chi connectivity index (χ1v) is 7.55. The van der Waals surface area contributed by atoms with Crippen molar-refractivity contribution in [1.29, 1.82) is 0 Å². The summed E-state index contributed by atoms with van der Waals surface area (Å²) in [6.07, 6.45) is -0.241. The summed E-state index contributed by atoms with van der Waals surface area (Å²) in [5.41, 5.74) is -0.731. The molecule has 0 radical (unpaired) electrons. The third-order valence-electron chi connectivity index (χ3n) is 3.91. The lowest BCUT2D eigenvalue weighted by Gasteiger charge is -2.22. The number of nitrogens with one attached hydrogen (secondary N) is 2. The van der Waals surface area contributed by atoms with Crippen molar-refractivity contribution in [2.75, 3.05) is 20.2 Å². The molecule has 0 aliphatic carbocycles. The molecule has 1 atom stereocenters. The smallest absolute Gasteiger partial charge is 0.325 e. The topological polar surface area (TPSA) is 125 Å². The van der Waals surface area contributed by atoms with Gasteiger partial charge in [0.05, 0.1) is 13.5 Å². The number of carboxylic acid groups (broad SMARTS) is 1. The molecular formula is C16H19N3O6. The molecule has 9 heteroatoms. The molecule has 1 unspecified atom stereocenters. The standard InChI is InChI=1S/C16H19N3O6/c1-16(10-3-5-11(25-2)6-4-10)14(23)19(15(24)18-16)9-12(20)17-8-7-13(21)22/h3-6H,7-9H2,1-2H3,(H,17,20)(H,18,24)(H,21,22). The average Bonchev–Trinajstić information content (AvgIpc) is 2.79. The highest BCUT2D eigenvalue weighted by Crippen LogP contribution is 2.29. The van der Waals surface area contributed by atoms with Crippen LogP contribution in [0.4, 0.5) is 4.79 Å². The first-order valence-electron chi connectivity index (χ1n) is 7.55. The highest BCUT2D eigenvalue weighted by atomic mass is 16.5. The van der Waals surface area contributed by atoms with Gasteiger partial charge >= 0.3 is 12.0 Å².